The van der Waals surface area contributed by atoms with Gasteiger partial charge in [-0.15, -0.1) is 0 Å². The minimum atomic E-state index is -0.236. The normalized spacial score (nSPS) is 11.6. The van der Waals surface area contributed by atoms with Crippen LogP contribution in [0.5, 0.6) is 0 Å². The van der Waals surface area contributed by atoms with Gasteiger partial charge < -0.3 is 5.32 Å². The molecule has 0 spiro atoms. The van der Waals surface area contributed by atoms with Gasteiger partial charge in [0.25, 0.3) is 5.91 Å². The molecule has 0 unspecified atom stereocenters. The molecule has 0 aliphatic carbocycles. The molecular weight excluding hydrogens is 330 g/mol. The lowest BCUT2D eigenvalue weighted by molar-refractivity contribution is 0.102. The molecule has 132 valence electrons. The SMILES string of the molecule is Cc1nn(C)c2ncc(C(=O)Nc3cnc4c(cnn4C(C)C)c3)cc12. The van der Waals surface area contributed by atoms with Crippen LogP contribution in [0.1, 0.15) is 35.9 Å². The van der Waals surface area contributed by atoms with Gasteiger partial charge in [0.2, 0.25) is 0 Å². The zero-order chi connectivity index (χ0) is 18.4. The summed E-state index contributed by atoms with van der Waals surface area (Å²) in [6.45, 7) is 6.00. The lowest BCUT2D eigenvalue weighted by Gasteiger charge is -2.08. The predicted octanol–water partition coefficient (Wildman–Crippen LogP) is 2.85. The second-order valence-electron chi connectivity index (χ2n) is 6.58. The summed E-state index contributed by atoms with van der Waals surface area (Å²) in [4.78, 5) is 21.4. The second-order valence-corrected chi connectivity index (χ2v) is 6.58. The van der Waals surface area contributed by atoms with Crippen molar-refractivity contribution in [1.82, 2.24) is 29.5 Å². The molecule has 0 fully saturated rings. The van der Waals surface area contributed by atoms with Crippen LogP contribution in [-0.2, 0) is 7.05 Å². The third-order valence-corrected chi connectivity index (χ3v) is 4.31. The van der Waals surface area contributed by atoms with Crippen molar-refractivity contribution in [2.24, 2.45) is 7.05 Å². The maximum atomic E-state index is 12.6. The van der Waals surface area contributed by atoms with Gasteiger partial charge >= 0.3 is 0 Å². The molecule has 0 aliphatic rings. The number of hydrogen-bond donors (Lipinski definition) is 1. The third-order valence-electron chi connectivity index (χ3n) is 4.31. The number of pyridine rings is 2. The van der Waals surface area contributed by atoms with Crippen LogP contribution in [0.3, 0.4) is 0 Å². The minimum absolute atomic E-state index is 0.223. The Kier molecular flexibility index (Phi) is 3.68. The van der Waals surface area contributed by atoms with E-state index in [-0.39, 0.29) is 11.9 Å². The number of hydrogen-bond acceptors (Lipinski definition) is 5. The predicted molar refractivity (Wildman–Crippen MR) is 99.1 cm³/mol. The monoisotopic (exact) mass is 349 g/mol. The highest BCUT2D eigenvalue weighted by atomic mass is 16.1. The van der Waals surface area contributed by atoms with Gasteiger partial charge in [-0.25, -0.2) is 14.6 Å². The van der Waals surface area contributed by atoms with Crippen LogP contribution >= 0.6 is 0 Å². The summed E-state index contributed by atoms with van der Waals surface area (Å²) in [5.74, 6) is -0.236. The number of amides is 1. The summed E-state index contributed by atoms with van der Waals surface area (Å²) in [7, 11) is 1.83. The summed E-state index contributed by atoms with van der Waals surface area (Å²) < 4.78 is 3.56. The summed E-state index contributed by atoms with van der Waals surface area (Å²) in [6, 6.07) is 3.90. The zero-order valence-corrected chi connectivity index (χ0v) is 15.1. The van der Waals surface area contributed by atoms with Crippen molar-refractivity contribution in [2.75, 3.05) is 5.32 Å². The van der Waals surface area contributed by atoms with E-state index in [0.29, 0.717) is 11.3 Å². The van der Waals surface area contributed by atoms with Crippen molar-refractivity contribution in [1.29, 1.82) is 0 Å². The zero-order valence-electron chi connectivity index (χ0n) is 15.1. The molecular formula is C18H19N7O. The van der Waals surface area contributed by atoms with Crippen molar-refractivity contribution in [3.63, 3.8) is 0 Å². The number of nitrogens with zero attached hydrogens (tertiary/aromatic N) is 6. The maximum absolute atomic E-state index is 12.6. The van der Waals surface area contributed by atoms with E-state index in [1.165, 1.54) is 0 Å². The molecule has 0 bridgehead atoms. The van der Waals surface area contributed by atoms with Crippen LogP contribution in [0, 0.1) is 6.92 Å². The molecule has 1 N–H and O–H groups in total. The van der Waals surface area contributed by atoms with Gasteiger partial charge in [0.05, 0.1) is 29.3 Å². The van der Waals surface area contributed by atoms with Crippen molar-refractivity contribution >= 4 is 33.7 Å². The fourth-order valence-electron chi connectivity index (χ4n) is 3.02. The highest BCUT2D eigenvalue weighted by molar-refractivity contribution is 6.06. The lowest BCUT2D eigenvalue weighted by Crippen LogP contribution is -2.12. The van der Waals surface area contributed by atoms with Crippen LogP contribution in [0.15, 0.2) is 30.7 Å². The van der Waals surface area contributed by atoms with E-state index in [1.54, 1.807) is 23.3 Å². The molecule has 0 atom stereocenters. The topological polar surface area (TPSA) is 90.5 Å². The van der Waals surface area contributed by atoms with Gasteiger partial charge in [-0.05, 0) is 32.9 Å². The van der Waals surface area contributed by atoms with E-state index >= 15 is 0 Å². The number of rotatable bonds is 3. The Morgan fingerprint density at radius 2 is 1.88 bits per heavy atom. The first-order valence-corrected chi connectivity index (χ1v) is 8.38. The molecule has 4 rings (SSSR count). The van der Waals surface area contributed by atoms with E-state index in [1.807, 2.05) is 44.6 Å². The number of aryl methyl sites for hydroxylation is 2. The average molecular weight is 349 g/mol. The van der Waals surface area contributed by atoms with Crippen LogP contribution in [-0.4, -0.2) is 35.4 Å². The molecule has 0 aliphatic heterocycles. The molecule has 0 saturated carbocycles. The van der Waals surface area contributed by atoms with Gasteiger partial charge in [0.1, 0.15) is 0 Å². The Hall–Kier alpha value is -3.29. The third kappa shape index (κ3) is 2.59. The Balaban J connectivity index is 1.63. The van der Waals surface area contributed by atoms with E-state index in [4.69, 9.17) is 0 Å². The molecule has 4 aromatic heterocycles. The standard InChI is InChI=1S/C18H19N7O/c1-10(2)25-16-12(8-21-25)5-14(9-20-16)22-18(26)13-6-15-11(3)23-24(4)17(15)19-7-13/h5-10H,1-4H3,(H,22,26). The minimum Gasteiger partial charge on any atom is -0.321 e. The average Bonchev–Trinajstić information content (AvgIpc) is 3.15. The fraction of sp³-hybridized carbons (Fsp3) is 0.278. The highest BCUT2D eigenvalue weighted by Gasteiger charge is 2.13. The largest absolute Gasteiger partial charge is 0.321 e. The highest BCUT2D eigenvalue weighted by Crippen LogP contribution is 2.21. The van der Waals surface area contributed by atoms with Crippen LogP contribution < -0.4 is 5.32 Å². The van der Waals surface area contributed by atoms with Crippen molar-refractivity contribution in [2.45, 2.75) is 26.8 Å². The Morgan fingerprint density at radius 1 is 1.12 bits per heavy atom. The van der Waals surface area contributed by atoms with Gasteiger partial charge in [0.15, 0.2) is 11.3 Å². The van der Waals surface area contributed by atoms with Gasteiger partial charge in [-0.1, -0.05) is 0 Å². The van der Waals surface area contributed by atoms with Crippen LogP contribution in [0.25, 0.3) is 22.1 Å². The van der Waals surface area contributed by atoms with Gasteiger partial charge in [-0.2, -0.15) is 10.2 Å². The molecule has 1 amide bonds. The summed E-state index contributed by atoms with van der Waals surface area (Å²) in [6.07, 6.45) is 4.95. The number of carbonyl (C=O) groups is 1. The number of anilines is 1. The van der Waals surface area contributed by atoms with E-state index in [0.717, 1.165) is 27.8 Å². The van der Waals surface area contributed by atoms with Gasteiger partial charge in [0, 0.05) is 30.1 Å². The van der Waals surface area contributed by atoms with Crippen LogP contribution in [0.4, 0.5) is 5.69 Å². The molecule has 8 nitrogen and oxygen atoms in total. The Bertz CT molecular complexity index is 1140. The number of nitrogens with one attached hydrogen (secondary N) is 1. The Labute approximate surface area is 149 Å². The number of fused-ring (bicyclic) bond motifs is 2. The first-order valence-electron chi connectivity index (χ1n) is 8.38. The van der Waals surface area contributed by atoms with E-state index in [2.05, 4.69) is 25.5 Å². The maximum Gasteiger partial charge on any atom is 0.257 e. The molecule has 0 aromatic carbocycles. The molecule has 4 heterocycles. The van der Waals surface area contributed by atoms with Crippen molar-refractivity contribution in [3.8, 4) is 0 Å². The quantitative estimate of drug-likeness (QED) is 0.614. The number of carbonyl (C=O) groups excluding carboxylic acids is 1. The molecule has 0 radical (unpaired) electrons. The Morgan fingerprint density at radius 3 is 2.65 bits per heavy atom. The summed E-state index contributed by atoms with van der Waals surface area (Å²) in [5.41, 5.74) is 3.49. The fourth-order valence-corrected chi connectivity index (χ4v) is 3.02. The van der Waals surface area contributed by atoms with E-state index < -0.39 is 0 Å². The van der Waals surface area contributed by atoms with Crippen LogP contribution in [0.2, 0.25) is 0 Å². The molecule has 0 saturated heterocycles. The lowest BCUT2D eigenvalue weighted by atomic mass is 10.2. The first kappa shape index (κ1) is 16.2. The number of aromatic nitrogens is 6. The summed E-state index contributed by atoms with van der Waals surface area (Å²) >= 11 is 0. The summed E-state index contributed by atoms with van der Waals surface area (Å²) in [5, 5.41) is 13.3. The first-order chi connectivity index (χ1) is 12.4. The van der Waals surface area contributed by atoms with Gasteiger partial charge in [-0.3, -0.25) is 9.48 Å². The van der Waals surface area contributed by atoms with Crippen molar-refractivity contribution < 1.29 is 4.79 Å². The molecule has 26 heavy (non-hydrogen) atoms. The molecule has 4 aromatic rings. The second kappa shape index (κ2) is 5.91. The molecule has 8 heteroatoms. The van der Waals surface area contributed by atoms with Crippen molar-refractivity contribution in [3.05, 3.63) is 42.0 Å². The smallest absolute Gasteiger partial charge is 0.257 e. The van der Waals surface area contributed by atoms with E-state index in [9.17, 15) is 4.79 Å².